The third-order valence-electron chi connectivity index (χ3n) is 4.50. The van der Waals surface area contributed by atoms with Gasteiger partial charge in [0.15, 0.2) is 0 Å². The van der Waals surface area contributed by atoms with Crippen LogP contribution < -0.4 is 5.32 Å². The highest BCUT2D eigenvalue weighted by atomic mass is 16.4. The van der Waals surface area contributed by atoms with Crippen molar-refractivity contribution in [2.45, 2.75) is 25.3 Å². The number of carbonyl (C=O) groups is 2. The Morgan fingerprint density at radius 2 is 1.94 bits per heavy atom. The van der Waals surface area contributed by atoms with Crippen LogP contribution in [0.4, 0.5) is 0 Å². The zero-order chi connectivity index (χ0) is 12.0. The van der Waals surface area contributed by atoms with Crippen LogP contribution >= 0.6 is 0 Å². The first-order chi connectivity index (χ1) is 8.20. The molecule has 1 saturated heterocycles. The van der Waals surface area contributed by atoms with E-state index in [2.05, 4.69) is 5.32 Å². The van der Waals surface area contributed by atoms with Gasteiger partial charge in [0.25, 0.3) is 0 Å². The number of aliphatic carboxylic acids is 1. The van der Waals surface area contributed by atoms with E-state index in [0.717, 1.165) is 12.8 Å². The summed E-state index contributed by atoms with van der Waals surface area (Å²) in [5, 5.41) is 12.2. The Balaban J connectivity index is 1.69. The minimum atomic E-state index is -0.892. The topological polar surface area (TPSA) is 69.6 Å². The van der Waals surface area contributed by atoms with Crippen molar-refractivity contribution in [3.05, 3.63) is 0 Å². The summed E-state index contributed by atoms with van der Waals surface area (Å²) in [6, 6.07) is -0.669. The Hall–Kier alpha value is -1.10. The maximum absolute atomic E-state index is 12.3. The average Bonchev–Trinajstić information content (AvgIpc) is 2.81. The van der Waals surface area contributed by atoms with Gasteiger partial charge in [0.1, 0.15) is 6.04 Å². The molecule has 0 aromatic rings. The maximum atomic E-state index is 12.3. The smallest absolute Gasteiger partial charge is 0.327 e. The Bertz CT molecular complexity index is 348. The molecule has 2 saturated carbocycles. The lowest BCUT2D eigenvalue weighted by molar-refractivity contribution is -0.152. The van der Waals surface area contributed by atoms with Crippen LogP contribution in [0.3, 0.4) is 0 Å². The molecule has 3 atom stereocenters. The van der Waals surface area contributed by atoms with E-state index in [0.29, 0.717) is 31.5 Å². The van der Waals surface area contributed by atoms with Crippen molar-refractivity contribution in [1.82, 2.24) is 10.2 Å². The molecule has 0 aromatic carbocycles. The van der Waals surface area contributed by atoms with E-state index in [-0.39, 0.29) is 11.8 Å². The molecular weight excluding hydrogens is 220 g/mol. The number of carbonyl (C=O) groups excluding carboxylic acids is 1. The van der Waals surface area contributed by atoms with Crippen molar-refractivity contribution >= 4 is 11.9 Å². The number of carboxylic acids is 1. The molecule has 1 amide bonds. The highest BCUT2D eigenvalue weighted by Crippen LogP contribution is 2.58. The minimum Gasteiger partial charge on any atom is -0.480 e. The molecular formula is C12H18N2O3. The number of hydrogen-bond acceptors (Lipinski definition) is 3. The number of carboxylic acid groups (broad SMARTS) is 1. The van der Waals surface area contributed by atoms with Gasteiger partial charge in [0, 0.05) is 25.6 Å². The summed E-state index contributed by atoms with van der Waals surface area (Å²) in [6.07, 6.45) is 3.55. The molecule has 5 nitrogen and oxygen atoms in total. The van der Waals surface area contributed by atoms with Gasteiger partial charge in [0.05, 0.1) is 0 Å². The highest BCUT2D eigenvalue weighted by molar-refractivity contribution is 5.87. The highest BCUT2D eigenvalue weighted by Gasteiger charge is 2.58. The van der Waals surface area contributed by atoms with Crippen LogP contribution in [0, 0.1) is 17.8 Å². The van der Waals surface area contributed by atoms with Crippen LogP contribution in [0.2, 0.25) is 0 Å². The van der Waals surface area contributed by atoms with Crippen LogP contribution in [-0.4, -0.2) is 47.6 Å². The predicted octanol–water partition coefficient (Wildman–Crippen LogP) is -0.0825. The molecule has 2 N–H and O–H groups in total. The average molecular weight is 238 g/mol. The summed E-state index contributed by atoms with van der Waals surface area (Å²) < 4.78 is 0. The maximum Gasteiger partial charge on any atom is 0.327 e. The van der Waals surface area contributed by atoms with Gasteiger partial charge in [-0.1, -0.05) is 6.42 Å². The summed E-state index contributed by atoms with van der Waals surface area (Å²) in [6.45, 7) is 1.62. The fraction of sp³-hybridized carbons (Fsp3) is 0.833. The Morgan fingerprint density at radius 1 is 1.24 bits per heavy atom. The quantitative estimate of drug-likeness (QED) is 0.706. The van der Waals surface area contributed by atoms with Gasteiger partial charge in [-0.25, -0.2) is 4.79 Å². The molecule has 0 spiro atoms. The molecule has 0 aromatic heterocycles. The standard InChI is InChI=1S/C12H18N2O3/c15-11(10-7-2-1-3-8(7)10)14-5-4-13-6-9(14)12(16)17/h7-10,13H,1-6H2,(H,16,17). The van der Waals surface area contributed by atoms with E-state index in [4.69, 9.17) is 5.11 Å². The molecule has 0 bridgehead atoms. The number of hydrogen-bond donors (Lipinski definition) is 2. The second kappa shape index (κ2) is 3.98. The Labute approximate surface area is 100 Å². The number of nitrogens with zero attached hydrogens (tertiary/aromatic N) is 1. The van der Waals surface area contributed by atoms with Crippen molar-refractivity contribution < 1.29 is 14.7 Å². The molecule has 2 aliphatic carbocycles. The zero-order valence-corrected chi connectivity index (χ0v) is 9.76. The SMILES string of the molecule is O=C(O)C1CNCCN1C(=O)C1C2CCCC21. The van der Waals surface area contributed by atoms with Gasteiger partial charge in [-0.05, 0) is 24.7 Å². The lowest BCUT2D eigenvalue weighted by atomic mass is 10.1. The number of fused-ring (bicyclic) bond motifs is 1. The molecule has 5 heteroatoms. The Morgan fingerprint density at radius 3 is 2.59 bits per heavy atom. The van der Waals surface area contributed by atoms with Gasteiger partial charge in [-0.15, -0.1) is 0 Å². The number of piperazine rings is 1. The summed E-state index contributed by atoms with van der Waals surface area (Å²) in [4.78, 5) is 25.0. The first-order valence-corrected chi connectivity index (χ1v) is 6.44. The van der Waals surface area contributed by atoms with Crippen LogP contribution in [0.1, 0.15) is 19.3 Å². The molecule has 3 unspecified atom stereocenters. The predicted molar refractivity (Wildman–Crippen MR) is 60.3 cm³/mol. The van der Waals surface area contributed by atoms with E-state index in [9.17, 15) is 9.59 Å². The van der Waals surface area contributed by atoms with Crippen LogP contribution in [0.25, 0.3) is 0 Å². The van der Waals surface area contributed by atoms with Crippen LogP contribution in [-0.2, 0) is 9.59 Å². The summed E-state index contributed by atoms with van der Waals surface area (Å²) in [7, 11) is 0. The monoisotopic (exact) mass is 238 g/mol. The summed E-state index contributed by atoms with van der Waals surface area (Å²) in [5.74, 6) is 0.465. The lowest BCUT2D eigenvalue weighted by Crippen LogP contribution is -2.57. The first kappa shape index (κ1) is 11.0. The molecule has 1 aliphatic heterocycles. The molecule has 94 valence electrons. The molecule has 3 rings (SSSR count). The van der Waals surface area contributed by atoms with Gasteiger partial charge in [0.2, 0.25) is 5.91 Å². The molecule has 1 heterocycles. The second-order valence-corrected chi connectivity index (χ2v) is 5.37. The fourth-order valence-electron chi connectivity index (χ4n) is 3.57. The third-order valence-corrected chi connectivity index (χ3v) is 4.50. The summed E-state index contributed by atoms with van der Waals surface area (Å²) >= 11 is 0. The van der Waals surface area contributed by atoms with E-state index >= 15 is 0 Å². The lowest BCUT2D eigenvalue weighted by Gasteiger charge is -2.34. The number of amides is 1. The number of nitrogens with one attached hydrogen (secondary N) is 1. The molecule has 3 fully saturated rings. The number of rotatable bonds is 2. The normalized spacial score (nSPS) is 39.9. The second-order valence-electron chi connectivity index (χ2n) is 5.37. The van der Waals surface area contributed by atoms with E-state index in [1.54, 1.807) is 4.90 Å². The van der Waals surface area contributed by atoms with E-state index in [1.165, 1.54) is 6.42 Å². The van der Waals surface area contributed by atoms with Crippen molar-refractivity contribution in [3.63, 3.8) is 0 Å². The molecule has 0 radical (unpaired) electrons. The van der Waals surface area contributed by atoms with Gasteiger partial charge < -0.3 is 15.3 Å². The van der Waals surface area contributed by atoms with Crippen molar-refractivity contribution in [3.8, 4) is 0 Å². The van der Waals surface area contributed by atoms with Gasteiger partial charge >= 0.3 is 5.97 Å². The molecule has 17 heavy (non-hydrogen) atoms. The third kappa shape index (κ3) is 1.73. The van der Waals surface area contributed by atoms with E-state index in [1.807, 2.05) is 0 Å². The van der Waals surface area contributed by atoms with Crippen molar-refractivity contribution in [1.29, 1.82) is 0 Å². The van der Waals surface area contributed by atoms with E-state index < -0.39 is 12.0 Å². The first-order valence-electron chi connectivity index (χ1n) is 6.44. The minimum absolute atomic E-state index is 0.0913. The largest absolute Gasteiger partial charge is 0.480 e. The van der Waals surface area contributed by atoms with Crippen LogP contribution in [0.5, 0.6) is 0 Å². The van der Waals surface area contributed by atoms with Crippen molar-refractivity contribution in [2.75, 3.05) is 19.6 Å². The fourth-order valence-corrected chi connectivity index (χ4v) is 3.57. The Kier molecular flexibility index (Phi) is 2.58. The van der Waals surface area contributed by atoms with Gasteiger partial charge in [-0.2, -0.15) is 0 Å². The van der Waals surface area contributed by atoms with Crippen molar-refractivity contribution in [2.24, 2.45) is 17.8 Å². The molecule has 3 aliphatic rings. The van der Waals surface area contributed by atoms with Gasteiger partial charge in [-0.3, -0.25) is 4.79 Å². The zero-order valence-electron chi connectivity index (χ0n) is 9.76. The van der Waals surface area contributed by atoms with Crippen LogP contribution in [0.15, 0.2) is 0 Å². The summed E-state index contributed by atoms with van der Waals surface area (Å²) in [5.41, 5.74) is 0.